The number of nitrogens with zero attached hydrogens (tertiary/aromatic N) is 2. The molecule has 3 aromatic rings. The lowest BCUT2D eigenvalue weighted by molar-refractivity contribution is 0.709. The highest BCUT2D eigenvalue weighted by atomic mass is 79.9. The summed E-state index contributed by atoms with van der Waals surface area (Å²) in [5.74, 6) is 0. The maximum atomic E-state index is 6.08. The van der Waals surface area contributed by atoms with E-state index < -0.39 is 0 Å². The van der Waals surface area contributed by atoms with Crippen LogP contribution in [0.3, 0.4) is 0 Å². The minimum absolute atomic E-state index is 0.139. The van der Waals surface area contributed by atoms with Crippen molar-refractivity contribution in [1.82, 2.24) is 0 Å². The molecule has 1 atom stereocenters. The van der Waals surface area contributed by atoms with Crippen molar-refractivity contribution < 1.29 is 0 Å². The molecule has 0 aliphatic carbocycles. The smallest absolute Gasteiger partial charge is 0.0831 e. The molecule has 1 aliphatic rings. The van der Waals surface area contributed by atoms with Gasteiger partial charge >= 0.3 is 0 Å². The Hall–Kier alpha value is -1.62. The van der Waals surface area contributed by atoms with E-state index in [1.807, 2.05) is 24.3 Å². The van der Waals surface area contributed by atoms with Gasteiger partial charge in [-0.1, -0.05) is 73.8 Å². The second-order valence-electron chi connectivity index (χ2n) is 6.15. The molecule has 0 radical (unpaired) electrons. The van der Waals surface area contributed by atoms with E-state index in [1.165, 1.54) is 5.56 Å². The Labute approximate surface area is 174 Å². The maximum absolute atomic E-state index is 6.08. The second kappa shape index (κ2) is 7.55. The molecule has 0 aromatic heterocycles. The lowest BCUT2D eigenvalue weighted by Gasteiger charge is -2.24. The van der Waals surface area contributed by atoms with E-state index in [-0.39, 0.29) is 6.04 Å². The molecule has 26 heavy (non-hydrogen) atoms. The number of halogens is 3. The minimum atomic E-state index is 0.139. The molecular formula is C21H15Br2ClN2. The first-order valence-electron chi connectivity index (χ1n) is 8.24. The predicted molar refractivity (Wildman–Crippen MR) is 116 cm³/mol. The van der Waals surface area contributed by atoms with Crippen molar-refractivity contribution in [2.45, 2.75) is 12.5 Å². The zero-order valence-electron chi connectivity index (χ0n) is 13.7. The Morgan fingerprint density at radius 1 is 0.885 bits per heavy atom. The van der Waals surface area contributed by atoms with Gasteiger partial charge in [-0.2, -0.15) is 5.10 Å². The fourth-order valence-electron chi connectivity index (χ4n) is 3.13. The van der Waals surface area contributed by atoms with Gasteiger partial charge in [0.1, 0.15) is 0 Å². The molecule has 0 N–H and O–H groups in total. The van der Waals surface area contributed by atoms with Gasteiger partial charge < -0.3 is 0 Å². The largest absolute Gasteiger partial charge is 0.257 e. The maximum Gasteiger partial charge on any atom is 0.0831 e. The molecule has 0 amide bonds. The first-order chi connectivity index (χ1) is 12.6. The van der Waals surface area contributed by atoms with Gasteiger partial charge in [-0.05, 0) is 53.6 Å². The standard InChI is InChI=1S/C21H15Br2ClN2/c22-16-8-4-14(5-9-16)20-13-21(15-6-10-18(24)11-7-15)26(25-20)19-3-1-2-17(23)12-19/h1-12,21H,13H2. The van der Waals surface area contributed by atoms with Crippen LogP contribution in [-0.2, 0) is 0 Å². The zero-order valence-corrected chi connectivity index (χ0v) is 17.7. The molecule has 1 heterocycles. The van der Waals surface area contributed by atoms with E-state index in [4.69, 9.17) is 16.7 Å². The molecule has 0 fully saturated rings. The van der Waals surface area contributed by atoms with Crippen molar-refractivity contribution in [3.63, 3.8) is 0 Å². The highest BCUT2D eigenvalue weighted by Crippen LogP contribution is 2.37. The Balaban J connectivity index is 1.75. The third kappa shape index (κ3) is 3.73. The number of benzene rings is 3. The molecule has 1 aliphatic heterocycles. The summed E-state index contributed by atoms with van der Waals surface area (Å²) in [5, 5.41) is 7.81. The van der Waals surface area contributed by atoms with Gasteiger partial charge in [0.2, 0.25) is 0 Å². The second-order valence-corrected chi connectivity index (χ2v) is 8.42. The molecule has 5 heteroatoms. The van der Waals surface area contributed by atoms with Crippen LogP contribution in [-0.4, -0.2) is 5.71 Å². The number of hydrogen-bond acceptors (Lipinski definition) is 2. The summed E-state index contributed by atoms with van der Waals surface area (Å²) in [6.45, 7) is 0. The van der Waals surface area contributed by atoms with Crippen molar-refractivity contribution >= 4 is 54.9 Å². The Morgan fingerprint density at radius 3 is 2.31 bits per heavy atom. The summed E-state index contributed by atoms with van der Waals surface area (Å²) >= 11 is 13.1. The summed E-state index contributed by atoms with van der Waals surface area (Å²) in [6.07, 6.45) is 0.843. The van der Waals surface area contributed by atoms with E-state index in [9.17, 15) is 0 Å². The highest BCUT2D eigenvalue weighted by Gasteiger charge is 2.30. The molecule has 4 rings (SSSR count). The number of hydrogen-bond donors (Lipinski definition) is 0. The quantitative estimate of drug-likeness (QED) is 0.378. The van der Waals surface area contributed by atoms with E-state index in [0.29, 0.717) is 0 Å². The third-order valence-electron chi connectivity index (χ3n) is 4.42. The lowest BCUT2D eigenvalue weighted by atomic mass is 9.98. The molecule has 130 valence electrons. The van der Waals surface area contributed by atoms with Crippen LogP contribution in [0.15, 0.2) is 86.8 Å². The van der Waals surface area contributed by atoms with Crippen LogP contribution in [0.4, 0.5) is 5.69 Å². The number of hydrazone groups is 1. The topological polar surface area (TPSA) is 15.6 Å². The number of anilines is 1. The summed E-state index contributed by atoms with van der Waals surface area (Å²) < 4.78 is 2.11. The molecule has 1 unspecified atom stereocenters. The van der Waals surface area contributed by atoms with E-state index in [1.54, 1.807) is 0 Å². The van der Waals surface area contributed by atoms with Crippen LogP contribution in [0.25, 0.3) is 0 Å². The Morgan fingerprint density at radius 2 is 1.62 bits per heavy atom. The van der Waals surface area contributed by atoms with Crippen LogP contribution >= 0.6 is 43.5 Å². The summed E-state index contributed by atoms with van der Waals surface area (Å²) in [7, 11) is 0. The molecule has 0 saturated heterocycles. The number of rotatable bonds is 3. The van der Waals surface area contributed by atoms with Crippen LogP contribution in [0.1, 0.15) is 23.6 Å². The van der Waals surface area contributed by atoms with Gasteiger partial charge in [0.25, 0.3) is 0 Å². The molecule has 0 bridgehead atoms. The van der Waals surface area contributed by atoms with E-state index in [0.717, 1.165) is 37.4 Å². The Bertz CT molecular complexity index is 953. The molecule has 0 saturated carbocycles. The van der Waals surface area contributed by atoms with Gasteiger partial charge in [0, 0.05) is 20.4 Å². The molecule has 3 aromatic carbocycles. The third-order valence-corrected chi connectivity index (χ3v) is 5.69. The lowest BCUT2D eigenvalue weighted by Crippen LogP contribution is -2.18. The summed E-state index contributed by atoms with van der Waals surface area (Å²) in [4.78, 5) is 0. The van der Waals surface area contributed by atoms with Crippen molar-refractivity contribution in [1.29, 1.82) is 0 Å². The average Bonchev–Trinajstić information content (AvgIpc) is 3.08. The summed E-state index contributed by atoms with van der Waals surface area (Å²) in [5.41, 5.74) is 4.48. The first-order valence-corrected chi connectivity index (χ1v) is 10.2. The van der Waals surface area contributed by atoms with Crippen molar-refractivity contribution in [3.8, 4) is 0 Å². The molecule has 0 spiro atoms. The normalized spacial score (nSPS) is 16.7. The van der Waals surface area contributed by atoms with Crippen LogP contribution in [0.5, 0.6) is 0 Å². The minimum Gasteiger partial charge on any atom is -0.257 e. The van der Waals surface area contributed by atoms with Gasteiger partial charge in [-0.15, -0.1) is 0 Å². The molecule has 2 nitrogen and oxygen atoms in total. The van der Waals surface area contributed by atoms with Gasteiger partial charge in [0.15, 0.2) is 0 Å². The fraction of sp³-hybridized carbons (Fsp3) is 0.0952. The van der Waals surface area contributed by atoms with E-state index in [2.05, 4.69) is 85.4 Å². The van der Waals surface area contributed by atoms with Crippen molar-refractivity contribution in [2.24, 2.45) is 5.10 Å². The zero-order chi connectivity index (χ0) is 18.1. The summed E-state index contributed by atoms with van der Waals surface area (Å²) in [6, 6.07) is 24.7. The monoisotopic (exact) mass is 488 g/mol. The van der Waals surface area contributed by atoms with Gasteiger partial charge in [-0.25, -0.2) is 0 Å². The van der Waals surface area contributed by atoms with Crippen LogP contribution < -0.4 is 5.01 Å². The van der Waals surface area contributed by atoms with E-state index >= 15 is 0 Å². The fourth-order valence-corrected chi connectivity index (χ4v) is 3.91. The van der Waals surface area contributed by atoms with Gasteiger partial charge in [-0.3, -0.25) is 5.01 Å². The average molecular weight is 491 g/mol. The van der Waals surface area contributed by atoms with Crippen molar-refractivity contribution in [2.75, 3.05) is 5.01 Å². The first kappa shape index (κ1) is 17.8. The SMILES string of the molecule is Clc1ccc(C2CC(c3ccc(Br)cc3)=NN2c2cccc(Br)c2)cc1. The molecular weight excluding hydrogens is 476 g/mol. The van der Waals surface area contributed by atoms with Crippen LogP contribution in [0, 0.1) is 0 Å². The highest BCUT2D eigenvalue weighted by molar-refractivity contribution is 9.10. The Kier molecular flexibility index (Phi) is 5.16. The van der Waals surface area contributed by atoms with Crippen LogP contribution in [0.2, 0.25) is 5.02 Å². The predicted octanol–water partition coefficient (Wildman–Crippen LogP) is 7.22. The van der Waals surface area contributed by atoms with Crippen molar-refractivity contribution in [3.05, 3.63) is 97.9 Å². The van der Waals surface area contributed by atoms with Gasteiger partial charge in [0.05, 0.1) is 17.4 Å².